The van der Waals surface area contributed by atoms with Gasteiger partial charge in [-0.25, -0.2) is 0 Å². The van der Waals surface area contributed by atoms with Crippen molar-refractivity contribution in [3.63, 3.8) is 0 Å². The lowest BCUT2D eigenvalue weighted by atomic mass is 10.0. The summed E-state index contributed by atoms with van der Waals surface area (Å²) in [7, 11) is -2.93. The average molecular weight is 334 g/mol. The highest BCUT2D eigenvalue weighted by Gasteiger charge is 2.28. The van der Waals surface area contributed by atoms with Crippen molar-refractivity contribution in [3.05, 3.63) is 0 Å². The van der Waals surface area contributed by atoms with Gasteiger partial charge in [0.25, 0.3) is 0 Å². The van der Waals surface area contributed by atoms with Crippen LogP contribution >= 0.6 is 7.60 Å². The Morgan fingerprint density at radius 2 is 1.36 bits per heavy atom. The summed E-state index contributed by atoms with van der Waals surface area (Å²) >= 11 is 0. The van der Waals surface area contributed by atoms with Crippen molar-refractivity contribution in [2.24, 2.45) is 11.8 Å². The lowest BCUT2D eigenvalue weighted by Gasteiger charge is -2.25. The average Bonchev–Trinajstić information content (AvgIpc) is 2.52. The third-order valence-corrected chi connectivity index (χ3v) is 6.56. The second-order valence-electron chi connectivity index (χ2n) is 6.34. The molecule has 0 saturated heterocycles. The molecule has 0 N–H and O–H groups in total. The molecule has 134 valence electrons. The summed E-state index contributed by atoms with van der Waals surface area (Å²) in [6.07, 6.45) is 9.80. The maximum atomic E-state index is 13.0. The van der Waals surface area contributed by atoms with Gasteiger partial charge in [-0.1, -0.05) is 66.2 Å². The fourth-order valence-electron chi connectivity index (χ4n) is 2.69. The van der Waals surface area contributed by atoms with Gasteiger partial charge in [-0.2, -0.15) is 0 Å². The Morgan fingerprint density at radius 1 is 0.818 bits per heavy atom. The summed E-state index contributed by atoms with van der Waals surface area (Å²) in [4.78, 5) is 0. The molecule has 0 saturated carbocycles. The highest BCUT2D eigenvalue weighted by atomic mass is 31.2. The Labute approximate surface area is 139 Å². The molecule has 3 nitrogen and oxygen atoms in total. The van der Waals surface area contributed by atoms with Crippen molar-refractivity contribution < 1.29 is 13.6 Å². The molecule has 3 atom stereocenters. The van der Waals surface area contributed by atoms with E-state index in [1.165, 1.54) is 25.7 Å². The van der Waals surface area contributed by atoms with Gasteiger partial charge in [0.15, 0.2) is 0 Å². The van der Waals surface area contributed by atoms with Crippen LogP contribution in [0.5, 0.6) is 0 Å². The molecular formula is C18H39O3P. The molecule has 0 spiro atoms. The lowest BCUT2D eigenvalue weighted by molar-refractivity contribution is 0.172. The van der Waals surface area contributed by atoms with Crippen LogP contribution in [0.15, 0.2) is 0 Å². The Morgan fingerprint density at radius 3 is 1.82 bits per heavy atom. The zero-order valence-electron chi connectivity index (χ0n) is 15.6. The quantitative estimate of drug-likeness (QED) is 0.314. The Kier molecular flexibility index (Phi) is 13.7. The van der Waals surface area contributed by atoms with E-state index in [1.807, 2.05) is 6.92 Å². The standard InChI is InChI=1S/C18H39O3P/c1-6-11-13-17(8-3)15-21-22(19,20-10-5)16-18(9-4)14-12-7-2/h17-18H,6-16H2,1-5H3. The Bertz CT molecular complexity index is 294. The van der Waals surface area contributed by atoms with Crippen LogP contribution in [0.3, 0.4) is 0 Å². The predicted molar refractivity (Wildman–Crippen MR) is 96.7 cm³/mol. The largest absolute Gasteiger partial charge is 0.330 e. The van der Waals surface area contributed by atoms with E-state index in [-0.39, 0.29) is 0 Å². The number of unbranched alkanes of at least 4 members (excludes halogenated alkanes) is 2. The molecule has 0 rings (SSSR count). The Hall–Kier alpha value is 0.150. The highest BCUT2D eigenvalue weighted by molar-refractivity contribution is 7.53. The number of hydrogen-bond donors (Lipinski definition) is 0. The summed E-state index contributed by atoms with van der Waals surface area (Å²) in [5.41, 5.74) is 0. The summed E-state index contributed by atoms with van der Waals surface area (Å²) in [6.45, 7) is 11.7. The van der Waals surface area contributed by atoms with Gasteiger partial charge in [0, 0.05) is 0 Å². The monoisotopic (exact) mass is 334 g/mol. The van der Waals surface area contributed by atoms with E-state index in [2.05, 4.69) is 27.7 Å². The van der Waals surface area contributed by atoms with Crippen molar-refractivity contribution in [3.8, 4) is 0 Å². The molecule has 0 radical (unpaired) electrons. The first-order valence-corrected chi connectivity index (χ1v) is 11.2. The number of hydrogen-bond acceptors (Lipinski definition) is 3. The molecule has 0 aliphatic rings. The zero-order valence-corrected chi connectivity index (χ0v) is 16.5. The van der Waals surface area contributed by atoms with Gasteiger partial charge in [-0.05, 0) is 31.6 Å². The van der Waals surface area contributed by atoms with Crippen LogP contribution in [0.25, 0.3) is 0 Å². The molecule has 0 amide bonds. The molecule has 0 bridgehead atoms. The SMILES string of the molecule is CCCCC(CC)COP(=O)(CC(CC)CCCC)OCC. The van der Waals surface area contributed by atoms with Gasteiger partial charge in [-0.3, -0.25) is 4.57 Å². The van der Waals surface area contributed by atoms with Gasteiger partial charge < -0.3 is 9.05 Å². The summed E-state index contributed by atoms with van der Waals surface area (Å²) in [5.74, 6) is 0.956. The van der Waals surface area contributed by atoms with Crippen LogP contribution in [0.1, 0.15) is 86.0 Å². The topological polar surface area (TPSA) is 35.5 Å². The first-order valence-electron chi connectivity index (χ1n) is 9.43. The van der Waals surface area contributed by atoms with Gasteiger partial charge >= 0.3 is 7.60 Å². The minimum Gasteiger partial charge on any atom is -0.309 e. The van der Waals surface area contributed by atoms with Gasteiger partial charge in [0.2, 0.25) is 0 Å². The molecule has 0 aromatic carbocycles. The summed E-state index contributed by atoms with van der Waals surface area (Å²) < 4.78 is 24.4. The van der Waals surface area contributed by atoms with Crippen LogP contribution in [-0.4, -0.2) is 19.4 Å². The zero-order chi connectivity index (χ0) is 16.8. The smallest absolute Gasteiger partial charge is 0.309 e. The van der Waals surface area contributed by atoms with Crippen LogP contribution in [-0.2, 0) is 13.6 Å². The number of rotatable bonds is 15. The molecule has 4 heteroatoms. The van der Waals surface area contributed by atoms with E-state index < -0.39 is 7.60 Å². The second-order valence-corrected chi connectivity index (χ2v) is 8.44. The van der Waals surface area contributed by atoms with Crippen LogP contribution in [0, 0.1) is 11.8 Å². The molecule has 0 heterocycles. The van der Waals surface area contributed by atoms with Crippen molar-refractivity contribution in [1.82, 2.24) is 0 Å². The van der Waals surface area contributed by atoms with E-state index >= 15 is 0 Å². The fourth-order valence-corrected chi connectivity index (χ4v) is 4.88. The molecule has 0 aliphatic carbocycles. The van der Waals surface area contributed by atoms with E-state index in [1.54, 1.807) is 0 Å². The van der Waals surface area contributed by atoms with Crippen molar-refractivity contribution in [2.45, 2.75) is 86.0 Å². The molecule has 0 fully saturated rings. The first-order chi connectivity index (χ1) is 10.5. The van der Waals surface area contributed by atoms with E-state index in [9.17, 15) is 4.57 Å². The van der Waals surface area contributed by atoms with Crippen LogP contribution in [0.2, 0.25) is 0 Å². The maximum Gasteiger partial charge on any atom is 0.330 e. The third-order valence-electron chi connectivity index (χ3n) is 4.40. The van der Waals surface area contributed by atoms with Crippen molar-refractivity contribution >= 4 is 7.60 Å². The maximum absolute atomic E-state index is 13.0. The van der Waals surface area contributed by atoms with Crippen LogP contribution in [0.4, 0.5) is 0 Å². The van der Waals surface area contributed by atoms with Crippen molar-refractivity contribution in [2.75, 3.05) is 19.4 Å². The second kappa shape index (κ2) is 13.6. The predicted octanol–water partition coefficient (Wildman–Crippen LogP) is 6.67. The lowest BCUT2D eigenvalue weighted by Crippen LogP contribution is -2.14. The van der Waals surface area contributed by atoms with Gasteiger partial charge in [0.1, 0.15) is 0 Å². The normalized spacial score (nSPS) is 17.1. The van der Waals surface area contributed by atoms with Gasteiger partial charge in [-0.15, -0.1) is 0 Å². The van der Waals surface area contributed by atoms with Crippen molar-refractivity contribution in [1.29, 1.82) is 0 Å². The van der Waals surface area contributed by atoms with E-state index in [0.717, 1.165) is 25.7 Å². The molecular weight excluding hydrogens is 295 g/mol. The Balaban J connectivity index is 4.54. The van der Waals surface area contributed by atoms with Crippen LogP contribution < -0.4 is 0 Å². The molecule has 0 aliphatic heterocycles. The van der Waals surface area contributed by atoms with E-state index in [0.29, 0.717) is 31.2 Å². The molecule has 22 heavy (non-hydrogen) atoms. The van der Waals surface area contributed by atoms with Gasteiger partial charge in [0.05, 0.1) is 19.4 Å². The highest BCUT2D eigenvalue weighted by Crippen LogP contribution is 2.51. The first kappa shape index (κ1) is 22.1. The third kappa shape index (κ3) is 10.0. The summed E-state index contributed by atoms with van der Waals surface area (Å²) in [5, 5.41) is 0. The minimum absolute atomic E-state index is 0.452. The van der Waals surface area contributed by atoms with E-state index in [4.69, 9.17) is 9.05 Å². The molecule has 0 aromatic rings. The molecule has 0 aromatic heterocycles. The molecule has 3 unspecified atom stereocenters. The summed E-state index contributed by atoms with van der Waals surface area (Å²) in [6, 6.07) is 0. The fraction of sp³-hybridized carbons (Fsp3) is 1.00. The minimum atomic E-state index is -2.93.